The van der Waals surface area contributed by atoms with Crippen molar-refractivity contribution in [3.8, 4) is 0 Å². The number of amides is 2. The third kappa shape index (κ3) is 5.36. The third-order valence-corrected chi connectivity index (χ3v) is 4.25. The number of rotatable bonds is 5. The van der Waals surface area contributed by atoms with Crippen LogP contribution in [0.15, 0.2) is 24.3 Å². The monoisotopic (exact) mass is 317 g/mol. The molecule has 0 radical (unpaired) electrons. The van der Waals surface area contributed by atoms with Gasteiger partial charge in [-0.3, -0.25) is 14.5 Å². The normalized spacial score (nSPS) is 16.2. The van der Waals surface area contributed by atoms with Gasteiger partial charge in [-0.15, -0.1) is 0 Å². The molecule has 5 nitrogen and oxygen atoms in total. The van der Waals surface area contributed by atoms with Crippen molar-refractivity contribution in [1.82, 2.24) is 9.80 Å². The minimum Gasteiger partial charge on any atom is -0.343 e. The third-order valence-electron chi connectivity index (χ3n) is 4.25. The van der Waals surface area contributed by atoms with Gasteiger partial charge in [0, 0.05) is 44.8 Å². The standard InChI is InChI=1S/C18H27N3O2/c1-18(2,3)15-4-6-16(7-5-15)19-17(23)8-9-20-10-12-21(14-22)13-11-20/h4-7,14H,8-13H2,1-3H3,(H,19,23). The van der Waals surface area contributed by atoms with Crippen molar-refractivity contribution in [3.05, 3.63) is 29.8 Å². The summed E-state index contributed by atoms with van der Waals surface area (Å²) < 4.78 is 0. The largest absolute Gasteiger partial charge is 0.343 e. The summed E-state index contributed by atoms with van der Waals surface area (Å²) in [6, 6.07) is 8.05. The van der Waals surface area contributed by atoms with Gasteiger partial charge in [0.25, 0.3) is 0 Å². The first-order chi connectivity index (χ1) is 10.9. The van der Waals surface area contributed by atoms with Gasteiger partial charge in [-0.05, 0) is 23.1 Å². The maximum atomic E-state index is 12.1. The van der Waals surface area contributed by atoms with Gasteiger partial charge >= 0.3 is 0 Å². The van der Waals surface area contributed by atoms with Crippen LogP contribution in [0.5, 0.6) is 0 Å². The summed E-state index contributed by atoms with van der Waals surface area (Å²) in [5, 5.41) is 2.95. The van der Waals surface area contributed by atoms with Crippen molar-refractivity contribution >= 4 is 18.0 Å². The van der Waals surface area contributed by atoms with E-state index in [-0.39, 0.29) is 11.3 Å². The van der Waals surface area contributed by atoms with Gasteiger partial charge in [-0.1, -0.05) is 32.9 Å². The van der Waals surface area contributed by atoms with E-state index in [0.29, 0.717) is 6.42 Å². The van der Waals surface area contributed by atoms with Crippen molar-refractivity contribution in [3.63, 3.8) is 0 Å². The topological polar surface area (TPSA) is 52.7 Å². The van der Waals surface area contributed by atoms with Crippen LogP contribution in [0.4, 0.5) is 5.69 Å². The van der Waals surface area contributed by atoms with Gasteiger partial charge in [-0.2, -0.15) is 0 Å². The van der Waals surface area contributed by atoms with Crippen LogP contribution >= 0.6 is 0 Å². The Morgan fingerprint density at radius 3 is 2.26 bits per heavy atom. The van der Waals surface area contributed by atoms with E-state index < -0.39 is 0 Å². The Hall–Kier alpha value is -1.88. The predicted octanol–water partition coefficient (Wildman–Crippen LogP) is 2.09. The number of hydrogen-bond donors (Lipinski definition) is 1. The Bertz CT molecular complexity index is 526. The molecule has 1 fully saturated rings. The molecular weight excluding hydrogens is 290 g/mol. The van der Waals surface area contributed by atoms with E-state index >= 15 is 0 Å². The maximum Gasteiger partial charge on any atom is 0.225 e. The van der Waals surface area contributed by atoms with Crippen molar-refractivity contribution in [2.75, 3.05) is 38.0 Å². The zero-order valence-corrected chi connectivity index (χ0v) is 14.3. The summed E-state index contributed by atoms with van der Waals surface area (Å²) in [4.78, 5) is 26.7. The fourth-order valence-electron chi connectivity index (χ4n) is 2.63. The first kappa shape index (κ1) is 17.5. The Balaban J connectivity index is 1.76. The Morgan fingerprint density at radius 1 is 1.13 bits per heavy atom. The fourth-order valence-corrected chi connectivity index (χ4v) is 2.63. The van der Waals surface area contributed by atoms with Crippen LogP contribution in [0.3, 0.4) is 0 Å². The highest BCUT2D eigenvalue weighted by Crippen LogP contribution is 2.23. The number of nitrogens with zero attached hydrogens (tertiary/aromatic N) is 2. The molecule has 23 heavy (non-hydrogen) atoms. The Labute approximate surface area is 138 Å². The second-order valence-corrected chi connectivity index (χ2v) is 7.11. The van der Waals surface area contributed by atoms with Gasteiger partial charge in [-0.25, -0.2) is 0 Å². The molecule has 2 rings (SSSR count). The van der Waals surface area contributed by atoms with Crippen LogP contribution in [-0.4, -0.2) is 54.8 Å². The lowest BCUT2D eigenvalue weighted by molar-refractivity contribution is -0.120. The first-order valence-electron chi connectivity index (χ1n) is 8.20. The van der Waals surface area contributed by atoms with Gasteiger partial charge in [0.05, 0.1) is 0 Å². The number of anilines is 1. The van der Waals surface area contributed by atoms with Crippen molar-refractivity contribution in [2.45, 2.75) is 32.6 Å². The first-order valence-corrected chi connectivity index (χ1v) is 8.20. The van der Waals surface area contributed by atoms with E-state index in [1.165, 1.54) is 5.56 Å². The quantitative estimate of drug-likeness (QED) is 0.846. The number of carbonyl (C=O) groups excluding carboxylic acids is 2. The molecule has 0 aliphatic carbocycles. The van der Waals surface area contributed by atoms with Gasteiger partial charge < -0.3 is 10.2 Å². The molecule has 1 heterocycles. The highest BCUT2D eigenvalue weighted by Gasteiger charge is 2.16. The number of carbonyl (C=O) groups is 2. The average Bonchev–Trinajstić information content (AvgIpc) is 2.53. The van der Waals surface area contributed by atoms with Crippen molar-refractivity contribution < 1.29 is 9.59 Å². The molecule has 1 aliphatic heterocycles. The SMILES string of the molecule is CC(C)(C)c1ccc(NC(=O)CCN2CCN(C=O)CC2)cc1. The Kier molecular flexibility index (Phi) is 5.77. The maximum absolute atomic E-state index is 12.1. The summed E-state index contributed by atoms with van der Waals surface area (Å²) in [7, 11) is 0. The lowest BCUT2D eigenvalue weighted by Crippen LogP contribution is -2.46. The van der Waals surface area contributed by atoms with Crippen LogP contribution < -0.4 is 5.32 Å². The number of hydrogen-bond acceptors (Lipinski definition) is 3. The molecular formula is C18H27N3O2. The lowest BCUT2D eigenvalue weighted by Gasteiger charge is -2.32. The minimum atomic E-state index is 0.0336. The second kappa shape index (κ2) is 7.59. The molecule has 5 heteroatoms. The zero-order chi connectivity index (χ0) is 16.9. The number of benzene rings is 1. The summed E-state index contributed by atoms with van der Waals surface area (Å²) >= 11 is 0. The zero-order valence-electron chi connectivity index (χ0n) is 14.3. The van der Waals surface area contributed by atoms with Crippen LogP contribution in [0, 0.1) is 0 Å². The molecule has 0 spiro atoms. The van der Waals surface area contributed by atoms with Crippen LogP contribution in [0.2, 0.25) is 0 Å². The van der Waals surface area contributed by atoms with Gasteiger partial charge in [0.15, 0.2) is 0 Å². The summed E-state index contributed by atoms with van der Waals surface area (Å²) in [6.07, 6.45) is 1.37. The molecule has 0 saturated carbocycles. The van der Waals surface area contributed by atoms with Crippen LogP contribution in [0.25, 0.3) is 0 Å². The van der Waals surface area contributed by atoms with E-state index in [0.717, 1.165) is 44.8 Å². The van der Waals surface area contributed by atoms with Crippen LogP contribution in [-0.2, 0) is 15.0 Å². The molecule has 0 unspecified atom stereocenters. The molecule has 1 N–H and O–H groups in total. The van der Waals surface area contributed by atoms with E-state index in [2.05, 4.69) is 43.1 Å². The van der Waals surface area contributed by atoms with Crippen molar-refractivity contribution in [2.24, 2.45) is 0 Å². The molecule has 0 bridgehead atoms. The number of nitrogens with one attached hydrogen (secondary N) is 1. The Morgan fingerprint density at radius 2 is 1.74 bits per heavy atom. The molecule has 1 aliphatic rings. The molecule has 1 aromatic rings. The van der Waals surface area contributed by atoms with Crippen LogP contribution in [0.1, 0.15) is 32.8 Å². The van der Waals surface area contributed by atoms with E-state index in [4.69, 9.17) is 0 Å². The molecule has 126 valence electrons. The smallest absolute Gasteiger partial charge is 0.225 e. The van der Waals surface area contributed by atoms with Crippen molar-refractivity contribution in [1.29, 1.82) is 0 Å². The fraction of sp³-hybridized carbons (Fsp3) is 0.556. The van der Waals surface area contributed by atoms with Gasteiger partial charge in [0.2, 0.25) is 12.3 Å². The average molecular weight is 317 g/mol. The van der Waals surface area contributed by atoms with E-state index in [1.54, 1.807) is 4.90 Å². The molecule has 1 saturated heterocycles. The summed E-state index contributed by atoms with van der Waals surface area (Å²) in [6.45, 7) is 10.4. The molecule has 0 aromatic heterocycles. The van der Waals surface area contributed by atoms with E-state index in [1.807, 2.05) is 12.1 Å². The molecule has 0 atom stereocenters. The summed E-state index contributed by atoms with van der Waals surface area (Å²) in [5.41, 5.74) is 2.21. The van der Waals surface area contributed by atoms with Gasteiger partial charge in [0.1, 0.15) is 0 Å². The van der Waals surface area contributed by atoms with E-state index in [9.17, 15) is 9.59 Å². The molecule has 1 aromatic carbocycles. The summed E-state index contributed by atoms with van der Waals surface area (Å²) in [5.74, 6) is 0.0336. The predicted molar refractivity (Wildman–Crippen MR) is 92.5 cm³/mol. The highest BCUT2D eigenvalue weighted by atomic mass is 16.1. The minimum absolute atomic E-state index is 0.0336. The highest BCUT2D eigenvalue weighted by molar-refractivity contribution is 5.90. The lowest BCUT2D eigenvalue weighted by atomic mass is 9.87. The number of piperazine rings is 1. The second-order valence-electron chi connectivity index (χ2n) is 7.11. The molecule has 2 amide bonds.